The molecule has 4 rings (SSSR count). The number of hydrogen-bond acceptors (Lipinski definition) is 5. The molecular formula is C24H27F5N2O4S. The summed E-state index contributed by atoms with van der Waals surface area (Å²) in [6.45, 7) is 0.708. The van der Waals surface area contributed by atoms with Crippen LogP contribution in [-0.4, -0.2) is 67.7 Å². The molecule has 0 amide bonds. The van der Waals surface area contributed by atoms with E-state index in [4.69, 9.17) is 4.74 Å². The number of benzene rings is 2. The molecule has 0 radical (unpaired) electrons. The monoisotopic (exact) mass is 534 g/mol. The van der Waals surface area contributed by atoms with E-state index in [9.17, 15) is 22.3 Å². The van der Waals surface area contributed by atoms with Crippen LogP contribution in [0.15, 0.2) is 42.5 Å². The van der Waals surface area contributed by atoms with Crippen molar-refractivity contribution >= 4 is 10.0 Å². The number of likely N-dealkylation sites (tertiary alicyclic amines) is 1. The fourth-order valence-corrected chi connectivity index (χ4v) is 5.51. The summed E-state index contributed by atoms with van der Waals surface area (Å²) in [6.07, 6.45) is -4.86. The van der Waals surface area contributed by atoms with Crippen LogP contribution in [0.1, 0.15) is 30.9 Å². The fraction of sp³-hybridized carbons (Fsp3) is 0.500. The van der Waals surface area contributed by atoms with Crippen molar-refractivity contribution in [2.75, 3.05) is 18.9 Å². The average molecular weight is 535 g/mol. The molecule has 2 aliphatic heterocycles. The first-order valence-corrected chi connectivity index (χ1v) is 13.2. The molecule has 2 saturated heterocycles. The second kappa shape index (κ2) is 10.3. The smallest absolute Gasteiger partial charge is 0.278 e. The van der Waals surface area contributed by atoms with Crippen molar-refractivity contribution in [3.05, 3.63) is 59.4 Å². The molecule has 2 aromatic rings. The lowest BCUT2D eigenvalue weighted by molar-refractivity contribution is -0.174. The third-order valence-electron chi connectivity index (χ3n) is 6.71. The van der Waals surface area contributed by atoms with Crippen LogP contribution in [0.25, 0.3) is 11.1 Å². The molecule has 0 aliphatic carbocycles. The van der Waals surface area contributed by atoms with Gasteiger partial charge in [0.05, 0.1) is 18.4 Å². The summed E-state index contributed by atoms with van der Waals surface area (Å²) in [6, 6.07) is 6.17. The molecule has 2 aromatic carbocycles. The van der Waals surface area contributed by atoms with Crippen molar-refractivity contribution in [2.24, 2.45) is 0 Å². The summed E-state index contributed by atoms with van der Waals surface area (Å²) >= 11 is 0. The van der Waals surface area contributed by atoms with Gasteiger partial charge in [-0.15, -0.1) is 0 Å². The average Bonchev–Trinajstić information content (AvgIpc) is 3.03. The number of nitrogens with zero attached hydrogens (tertiary/aromatic N) is 1. The molecule has 2 unspecified atom stereocenters. The highest BCUT2D eigenvalue weighted by atomic mass is 32.2. The molecule has 4 atom stereocenters. The van der Waals surface area contributed by atoms with Gasteiger partial charge < -0.3 is 9.84 Å². The van der Waals surface area contributed by atoms with Crippen LogP contribution >= 0.6 is 0 Å². The highest BCUT2D eigenvalue weighted by molar-refractivity contribution is 7.89. The molecule has 0 spiro atoms. The van der Waals surface area contributed by atoms with Crippen LogP contribution in [0.4, 0.5) is 22.0 Å². The van der Waals surface area contributed by atoms with E-state index in [1.165, 1.54) is 43.3 Å². The number of aliphatic hydroxyl groups is 1. The van der Waals surface area contributed by atoms with Gasteiger partial charge in [-0.2, -0.15) is 0 Å². The zero-order valence-corrected chi connectivity index (χ0v) is 20.2. The third kappa shape index (κ3) is 5.42. The largest absolute Gasteiger partial charge is 0.376 e. The maximum Gasteiger partial charge on any atom is 0.278 e. The first kappa shape index (κ1) is 26.9. The van der Waals surface area contributed by atoms with Crippen LogP contribution in [0.2, 0.25) is 0 Å². The highest BCUT2D eigenvalue weighted by Gasteiger charge is 2.58. The van der Waals surface area contributed by atoms with Crippen LogP contribution in [-0.2, 0) is 21.2 Å². The number of aliphatic hydroxyl groups excluding tert-OH is 1. The molecule has 6 nitrogen and oxygen atoms in total. The highest BCUT2D eigenvalue weighted by Crippen LogP contribution is 2.38. The van der Waals surface area contributed by atoms with E-state index in [1.54, 1.807) is 0 Å². The van der Waals surface area contributed by atoms with Crippen molar-refractivity contribution in [3.63, 3.8) is 0 Å². The van der Waals surface area contributed by atoms with E-state index in [-0.39, 0.29) is 28.7 Å². The number of nitrogens with one attached hydrogen (secondary N) is 1. The lowest BCUT2D eigenvalue weighted by atomic mass is 9.94. The third-order valence-corrected chi connectivity index (χ3v) is 8.08. The molecule has 12 heteroatoms. The molecule has 36 heavy (non-hydrogen) atoms. The molecule has 2 heterocycles. The predicted octanol–water partition coefficient (Wildman–Crippen LogP) is 3.71. The lowest BCUT2D eigenvalue weighted by Crippen LogP contribution is -2.56. The predicted molar refractivity (Wildman–Crippen MR) is 123 cm³/mol. The van der Waals surface area contributed by atoms with Crippen LogP contribution in [0.5, 0.6) is 0 Å². The molecule has 0 saturated carbocycles. The minimum atomic E-state index is -4.07. The van der Waals surface area contributed by atoms with Gasteiger partial charge >= 0.3 is 0 Å². The zero-order chi connectivity index (χ0) is 26.3. The topological polar surface area (TPSA) is 78.9 Å². The van der Waals surface area contributed by atoms with E-state index >= 15 is 13.2 Å². The minimum absolute atomic E-state index is 0.000120. The fourth-order valence-electron chi connectivity index (χ4n) is 4.63. The van der Waals surface area contributed by atoms with Gasteiger partial charge in [0.15, 0.2) is 0 Å². The summed E-state index contributed by atoms with van der Waals surface area (Å²) in [5.74, 6) is -4.80. The Kier molecular flexibility index (Phi) is 7.73. The van der Waals surface area contributed by atoms with Crippen molar-refractivity contribution in [3.8, 4) is 11.1 Å². The summed E-state index contributed by atoms with van der Waals surface area (Å²) in [4.78, 5) is 1.05. The van der Waals surface area contributed by atoms with Crippen LogP contribution in [0.3, 0.4) is 0 Å². The van der Waals surface area contributed by atoms with Gasteiger partial charge in [0.25, 0.3) is 12.3 Å². The van der Waals surface area contributed by atoms with Gasteiger partial charge in [0.1, 0.15) is 18.1 Å². The standard InChI is InChI=1S/C24H27F5N2O4S/c1-2-36(33,34)30-21-18(31(13-24(21,28)29)23(32)19-9-10-35-19)12-15-6-4-8-17(20(15)25)14-5-3-7-16(11-14)22(26)27/h3-8,11,18-19,21-23,30,32H,2,9-10,12-13H2,1H3/t18-,19?,21+,23?/m0/s1. The van der Waals surface area contributed by atoms with E-state index < -0.39 is 64.9 Å². The molecule has 198 valence electrons. The molecule has 0 bridgehead atoms. The first-order chi connectivity index (χ1) is 16.9. The Morgan fingerprint density at radius 1 is 1.22 bits per heavy atom. The van der Waals surface area contributed by atoms with Crippen molar-refractivity contribution in [2.45, 2.75) is 56.5 Å². The van der Waals surface area contributed by atoms with Crippen molar-refractivity contribution < 1.29 is 40.2 Å². The Labute approximate surface area is 206 Å². The Bertz CT molecular complexity index is 1190. The maximum absolute atomic E-state index is 15.6. The molecular weight excluding hydrogens is 507 g/mol. The quantitative estimate of drug-likeness (QED) is 0.480. The van der Waals surface area contributed by atoms with Crippen LogP contribution in [0, 0.1) is 5.82 Å². The minimum Gasteiger partial charge on any atom is -0.376 e. The van der Waals surface area contributed by atoms with Gasteiger partial charge in [-0.05, 0) is 30.5 Å². The van der Waals surface area contributed by atoms with Gasteiger partial charge in [-0.3, -0.25) is 4.90 Å². The van der Waals surface area contributed by atoms with E-state index in [0.29, 0.717) is 13.0 Å². The normalized spacial score (nSPS) is 25.2. The van der Waals surface area contributed by atoms with Gasteiger partial charge in [-0.1, -0.05) is 36.4 Å². The van der Waals surface area contributed by atoms with Gasteiger partial charge in [0.2, 0.25) is 10.0 Å². The Morgan fingerprint density at radius 3 is 2.53 bits per heavy atom. The Hall–Kier alpha value is -2.12. The number of rotatable bonds is 9. The SMILES string of the molecule is CCS(=O)(=O)N[C@@H]1[C@H](Cc2cccc(-c3cccc(C(F)F)c3)c2F)N(C(O)C2CCO2)CC1(F)F. The van der Waals surface area contributed by atoms with Gasteiger partial charge in [-0.25, -0.2) is 35.1 Å². The zero-order valence-electron chi connectivity index (χ0n) is 19.4. The second-order valence-corrected chi connectivity index (χ2v) is 11.1. The number of halogens is 5. The van der Waals surface area contributed by atoms with Crippen LogP contribution < -0.4 is 4.72 Å². The number of alkyl halides is 4. The summed E-state index contributed by atoms with van der Waals surface area (Å²) in [5, 5.41) is 10.7. The van der Waals surface area contributed by atoms with Gasteiger partial charge in [0, 0.05) is 30.2 Å². The van der Waals surface area contributed by atoms with Crippen molar-refractivity contribution in [1.29, 1.82) is 0 Å². The summed E-state index contributed by atoms with van der Waals surface area (Å²) in [7, 11) is -4.07. The number of ether oxygens (including phenoxy) is 1. The summed E-state index contributed by atoms with van der Waals surface area (Å²) < 4.78 is 104. The first-order valence-electron chi connectivity index (χ1n) is 11.5. The Morgan fingerprint density at radius 2 is 1.92 bits per heavy atom. The molecule has 2 aliphatic rings. The van der Waals surface area contributed by atoms with E-state index in [2.05, 4.69) is 0 Å². The molecule has 2 fully saturated rings. The maximum atomic E-state index is 15.6. The summed E-state index contributed by atoms with van der Waals surface area (Å²) in [5.41, 5.74) is -0.131. The lowest BCUT2D eigenvalue weighted by Gasteiger charge is -2.39. The number of hydrogen-bond donors (Lipinski definition) is 2. The second-order valence-electron chi connectivity index (χ2n) is 9.02. The molecule has 0 aromatic heterocycles. The molecule has 2 N–H and O–H groups in total. The Balaban J connectivity index is 1.71. The van der Waals surface area contributed by atoms with E-state index in [1.807, 2.05) is 4.72 Å². The van der Waals surface area contributed by atoms with E-state index in [0.717, 1.165) is 11.0 Å². The van der Waals surface area contributed by atoms with Crippen molar-refractivity contribution in [1.82, 2.24) is 9.62 Å². The number of sulfonamides is 1.